The first-order chi connectivity index (χ1) is 13.2. The smallest absolute Gasteiger partial charge is 0.267 e. The van der Waals surface area contributed by atoms with Gasteiger partial charge in [-0.2, -0.15) is 5.26 Å². The largest absolute Gasteiger partial charge is 0.497 e. The van der Waals surface area contributed by atoms with E-state index in [-0.39, 0.29) is 5.57 Å². The van der Waals surface area contributed by atoms with E-state index in [9.17, 15) is 10.1 Å². The molecule has 1 amide bonds. The zero-order valence-corrected chi connectivity index (χ0v) is 15.8. The van der Waals surface area contributed by atoms with Crippen molar-refractivity contribution in [1.29, 1.82) is 5.26 Å². The van der Waals surface area contributed by atoms with Crippen molar-refractivity contribution in [3.05, 3.63) is 30.0 Å². The van der Waals surface area contributed by atoms with Crippen molar-refractivity contribution in [2.75, 3.05) is 58.9 Å². The van der Waals surface area contributed by atoms with Crippen LogP contribution in [0.25, 0.3) is 0 Å². The van der Waals surface area contributed by atoms with E-state index in [2.05, 4.69) is 15.5 Å². The van der Waals surface area contributed by atoms with Crippen LogP contribution in [0.15, 0.2) is 30.0 Å². The molecule has 2 N–H and O–H groups in total. The van der Waals surface area contributed by atoms with E-state index in [0.29, 0.717) is 23.7 Å². The number of nitrogens with one attached hydrogen (secondary N) is 2. The summed E-state index contributed by atoms with van der Waals surface area (Å²) >= 11 is 0. The Balaban J connectivity index is 1.85. The maximum absolute atomic E-state index is 12.4. The van der Waals surface area contributed by atoms with Gasteiger partial charge in [-0.1, -0.05) is 0 Å². The van der Waals surface area contributed by atoms with Crippen molar-refractivity contribution >= 4 is 11.6 Å². The molecule has 1 fully saturated rings. The molecule has 1 aliphatic rings. The Morgan fingerprint density at radius 2 is 2.11 bits per heavy atom. The van der Waals surface area contributed by atoms with Crippen molar-refractivity contribution in [3.63, 3.8) is 0 Å². The maximum atomic E-state index is 12.4. The Labute approximate surface area is 159 Å². The van der Waals surface area contributed by atoms with Crippen molar-refractivity contribution in [2.24, 2.45) is 0 Å². The first-order valence-corrected chi connectivity index (χ1v) is 8.85. The lowest BCUT2D eigenvalue weighted by atomic mass is 10.2. The molecule has 27 heavy (non-hydrogen) atoms. The highest BCUT2D eigenvalue weighted by atomic mass is 16.5. The van der Waals surface area contributed by atoms with Crippen molar-refractivity contribution < 1.29 is 19.0 Å². The number of hydrogen-bond donors (Lipinski definition) is 2. The molecule has 0 aromatic heterocycles. The standard InChI is InChI=1S/C19H26N4O4/c1-25-16-4-5-18(26-2)17(12-16)22-19(24)15(13-20)14-21-6-3-7-23-8-10-27-11-9-23/h4-5,12,14,21H,3,6-11H2,1-2H3,(H,22,24)/b15-14-. The summed E-state index contributed by atoms with van der Waals surface area (Å²) in [6, 6.07) is 6.97. The number of methoxy groups -OCH3 is 2. The van der Waals surface area contributed by atoms with Crippen LogP contribution in [0.3, 0.4) is 0 Å². The number of morpholine rings is 1. The average molecular weight is 374 g/mol. The fraction of sp³-hybridized carbons (Fsp3) is 0.474. The minimum absolute atomic E-state index is 0.00811. The molecular formula is C19H26N4O4. The summed E-state index contributed by atoms with van der Waals surface area (Å²) in [7, 11) is 3.05. The third-order valence-electron chi connectivity index (χ3n) is 4.17. The highest BCUT2D eigenvalue weighted by Gasteiger charge is 2.13. The fourth-order valence-corrected chi connectivity index (χ4v) is 2.65. The van der Waals surface area contributed by atoms with Gasteiger partial charge in [0.2, 0.25) is 0 Å². The molecule has 146 valence electrons. The molecule has 0 bridgehead atoms. The van der Waals surface area contributed by atoms with Crippen LogP contribution in [-0.4, -0.2) is 64.4 Å². The molecule has 0 radical (unpaired) electrons. The molecule has 0 unspecified atom stereocenters. The van der Waals surface area contributed by atoms with Gasteiger partial charge in [0.15, 0.2) is 0 Å². The molecule has 1 aromatic carbocycles. The van der Waals surface area contributed by atoms with E-state index in [1.54, 1.807) is 18.2 Å². The van der Waals surface area contributed by atoms with Gasteiger partial charge < -0.3 is 24.8 Å². The Hall–Kier alpha value is -2.76. The minimum Gasteiger partial charge on any atom is -0.497 e. The van der Waals surface area contributed by atoms with Crippen LogP contribution in [0.1, 0.15) is 6.42 Å². The van der Waals surface area contributed by atoms with Gasteiger partial charge in [-0.3, -0.25) is 9.69 Å². The maximum Gasteiger partial charge on any atom is 0.267 e. The van der Waals surface area contributed by atoms with Gasteiger partial charge in [0.1, 0.15) is 23.1 Å². The molecule has 1 heterocycles. The van der Waals surface area contributed by atoms with Crippen molar-refractivity contribution in [1.82, 2.24) is 10.2 Å². The van der Waals surface area contributed by atoms with Crippen LogP contribution in [-0.2, 0) is 9.53 Å². The van der Waals surface area contributed by atoms with Gasteiger partial charge in [0.05, 0.1) is 33.1 Å². The fourth-order valence-electron chi connectivity index (χ4n) is 2.65. The molecular weight excluding hydrogens is 348 g/mol. The van der Waals surface area contributed by atoms with Gasteiger partial charge in [-0.05, 0) is 25.1 Å². The number of anilines is 1. The summed E-state index contributed by atoms with van der Waals surface area (Å²) in [5.74, 6) is 0.555. The quantitative estimate of drug-likeness (QED) is 0.383. The summed E-state index contributed by atoms with van der Waals surface area (Å²) in [6.45, 7) is 5.09. The number of carbonyl (C=O) groups is 1. The lowest BCUT2D eigenvalue weighted by Crippen LogP contribution is -2.37. The highest BCUT2D eigenvalue weighted by Crippen LogP contribution is 2.29. The normalized spacial score (nSPS) is 14.9. The minimum atomic E-state index is -0.510. The summed E-state index contributed by atoms with van der Waals surface area (Å²) in [4.78, 5) is 14.7. The van der Waals surface area contributed by atoms with E-state index >= 15 is 0 Å². The molecule has 2 rings (SSSR count). The zero-order valence-electron chi connectivity index (χ0n) is 15.8. The molecule has 0 saturated carbocycles. The lowest BCUT2D eigenvalue weighted by molar-refractivity contribution is -0.112. The average Bonchev–Trinajstić information content (AvgIpc) is 2.71. The number of benzene rings is 1. The molecule has 0 aliphatic carbocycles. The van der Waals surface area contributed by atoms with Crippen LogP contribution in [0.5, 0.6) is 11.5 Å². The zero-order chi connectivity index (χ0) is 19.5. The summed E-state index contributed by atoms with van der Waals surface area (Å²) in [6.07, 6.45) is 2.36. The summed E-state index contributed by atoms with van der Waals surface area (Å²) < 4.78 is 15.7. The van der Waals surface area contributed by atoms with E-state index in [1.807, 2.05) is 6.07 Å². The topological polar surface area (TPSA) is 95.8 Å². The molecule has 8 heteroatoms. The molecule has 1 saturated heterocycles. The van der Waals surface area contributed by atoms with Gasteiger partial charge in [-0.25, -0.2) is 0 Å². The monoisotopic (exact) mass is 374 g/mol. The predicted octanol–water partition coefficient (Wildman–Crippen LogP) is 1.36. The van der Waals surface area contributed by atoms with Crippen LogP contribution >= 0.6 is 0 Å². The van der Waals surface area contributed by atoms with Gasteiger partial charge in [0.25, 0.3) is 5.91 Å². The number of nitrogens with zero attached hydrogens (tertiary/aromatic N) is 2. The second kappa shape index (κ2) is 11.1. The summed E-state index contributed by atoms with van der Waals surface area (Å²) in [5, 5.41) is 15.0. The first kappa shape index (κ1) is 20.6. The van der Waals surface area contributed by atoms with Gasteiger partial charge in [-0.15, -0.1) is 0 Å². The van der Waals surface area contributed by atoms with Crippen LogP contribution in [0.2, 0.25) is 0 Å². The lowest BCUT2D eigenvalue weighted by Gasteiger charge is -2.26. The second-order valence-electron chi connectivity index (χ2n) is 5.95. The SMILES string of the molecule is COc1ccc(OC)c(NC(=O)/C(C#N)=C\NCCCN2CCOCC2)c1. The van der Waals surface area contributed by atoms with E-state index < -0.39 is 5.91 Å². The molecule has 8 nitrogen and oxygen atoms in total. The van der Waals surface area contributed by atoms with Crippen LogP contribution in [0.4, 0.5) is 5.69 Å². The summed E-state index contributed by atoms with van der Waals surface area (Å²) in [5.41, 5.74) is 0.432. The Morgan fingerprint density at radius 1 is 1.33 bits per heavy atom. The molecule has 1 aromatic rings. The number of hydrogen-bond acceptors (Lipinski definition) is 7. The third kappa shape index (κ3) is 6.47. The number of nitriles is 1. The molecule has 1 aliphatic heterocycles. The number of amides is 1. The van der Waals surface area contributed by atoms with E-state index in [1.165, 1.54) is 20.4 Å². The van der Waals surface area contributed by atoms with Crippen molar-refractivity contribution in [2.45, 2.75) is 6.42 Å². The molecule has 0 atom stereocenters. The second-order valence-corrected chi connectivity index (χ2v) is 5.95. The first-order valence-electron chi connectivity index (χ1n) is 8.85. The van der Waals surface area contributed by atoms with Crippen LogP contribution < -0.4 is 20.1 Å². The Kier molecular flexibility index (Phi) is 8.42. The number of rotatable bonds is 9. The van der Waals surface area contributed by atoms with Gasteiger partial charge >= 0.3 is 0 Å². The van der Waals surface area contributed by atoms with E-state index in [4.69, 9.17) is 14.2 Å². The highest BCUT2D eigenvalue weighted by molar-refractivity contribution is 6.07. The van der Waals surface area contributed by atoms with Gasteiger partial charge in [0, 0.05) is 31.9 Å². The van der Waals surface area contributed by atoms with Crippen LogP contribution in [0, 0.1) is 11.3 Å². The third-order valence-corrected chi connectivity index (χ3v) is 4.17. The van der Waals surface area contributed by atoms with Crippen molar-refractivity contribution in [3.8, 4) is 17.6 Å². The molecule has 0 spiro atoms. The number of carbonyl (C=O) groups excluding carboxylic acids is 1. The predicted molar refractivity (Wildman–Crippen MR) is 102 cm³/mol. The number of ether oxygens (including phenoxy) is 3. The Morgan fingerprint density at radius 3 is 2.78 bits per heavy atom. The van der Waals surface area contributed by atoms with E-state index in [0.717, 1.165) is 39.3 Å². The Bertz CT molecular complexity index is 693.